The number of carboxylic acids is 1. The van der Waals surface area contributed by atoms with Gasteiger partial charge in [-0.2, -0.15) is 0 Å². The number of aryl methyl sites for hydroxylation is 1. The number of hydrogen-bond donors (Lipinski definition) is 2. The zero-order valence-electron chi connectivity index (χ0n) is 14.2. The van der Waals surface area contributed by atoms with Crippen LogP contribution in [0, 0.1) is 5.82 Å². The first kappa shape index (κ1) is 18.8. The lowest BCUT2D eigenvalue weighted by molar-refractivity contribution is -0.136. The Morgan fingerprint density at radius 2 is 1.81 bits per heavy atom. The van der Waals surface area contributed by atoms with E-state index in [-0.39, 0.29) is 24.6 Å². The van der Waals surface area contributed by atoms with Crippen LogP contribution in [0.25, 0.3) is 11.3 Å². The molecule has 0 saturated carbocycles. The van der Waals surface area contributed by atoms with Crippen LogP contribution in [0.5, 0.6) is 0 Å². The predicted octanol–water partition coefficient (Wildman–Crippen LogP) is 4.46. The minimum absolute atomic E-state index is 0.0698. The van der Waals surface area contributed by atoms with Crippen molar-refractivity contribution in [2.75, 3.05) is 5.43 Å². The third kappa shape index (κ3) is 4.62. The van der Waals surface area contributed by atoms with E-state index >= 15 is 0 Å². The highest BCUT2D eigenvalue weighted by atomic mass is 79.9. The Hall–Kier alpha value is -2.93. The van der Waals surface area contributed by atoms with E-state index in [1.165, 1.54) is 12.1 Å². The Bertz CT molecular complexity index is 983. The number of carbonyl (C=O) groups is 2. The molecule has 0 atom stereocenters. The lowest BCUT2D eigenvalue weighted by atomic mass is 10.1. The van der Waals surface area contributed by atoms with Gasteiger partial charge in [0.25, 0.3) is 5.91 Å². The van der Waals surface area contributed by atoms with Gasteiger partial charge >= 0.3 is 5.97 Å². The van der Waals surface area contributed by atoms with E-state index in [9.17, 15) is 14.0 Å². The van der Waals surface area contributed by atoms with Crippen molar-refractivity contribution in [1.82, 2.24) is 4.68 Å². The molecule has 0 spiro atoms. The number of nitrogens with zero attached hydrogens (tertiary/aromatic N) is 1. The Labute approximate surface area is 163 Å². The molecule has 138 valence electrons. The number of carboxylic acid groups (broad SMARTS) is 1. The summed E-state index contributed by atoms with van der Waals surface area (Å²) in [5, 5.41) is 8.97. The lowest BCUT2D eigenvalue weighted by Gasteiger charge is -2.15. The summed E-state index contributed by atoms with van der Waals surface area (Å²) in [5.41, 5.74) is 5.24. The molecule has 0 unspecified atom stereocenters. The maximum Gasteiger partial charge on any atom is 0.303 e. The first-order chi connectivity index (χ1) is 12.9. The van der Waals surface area contributed by atoms with Crippen molar-refractivity contribution in [1.29, 1.82) is 0 Å². The van der Waals surface area contributed by atoms with Crippen molar-refractivity contribution < 1.29 is 19.1 Å². The zero-order valence-corrected chi connectivity index (χ0v) is 15.7. The van der Waals surface area contributed by atoms with Gasteiger partial charge in [0.2, 0.25) is 0 Å². The first-order valence-corrected chi connectivity index (χ1v) is 8.98. The van der Waals surface area contributed by atoms with Crippen molar-refractivity contribution in [3.8, 4) is 11.3 Å². The number of carbonyl (C=O) groups excluding carboxylic acids is 1. The minimum atomic E-state index is -0.926. The van der Waals surface area contributed by atoms with Crippen LogP contribution >= 0.6 is 15.9 Å². The molecule has 1 aromatic heterocycles. The average Bonchev–Trinajstić information content (AvgIpc) is 3.03. The number of aliphatic carboxylic acids is 1. The van der Waals surface area contributed by atoms with Crippen molar-refractivity contribution in [2.45, 2.75) is 12.8 Å². The lowest BCUT2D eigenvalue weighted by Crippen LogP contribution is -2.25. The largest absolute Gasteiger partial charge is 0.481 e. The van der Waals surface area contributed by atoms with Gasteiger partial charge in [0.15, 0.2) is 0 Å². The third-order valence-electron chi connectivity index (χ3n) is 4.00. The second-order valence-corrected chi connectivity index (χ2v) is 6.81. The van der Waals surface area contributed by atoms with Crippen LogP contribution < -0.4 is 5.43 Å². The molecule has 5 nitrogen and oxygen atoms in total. The normalized spacial score (nSPS) is 10.6. The van der Waals surface area contributed by atoms with E-state index in [0.717, 1.165) is 4.47 Å². The molecular weight excluding hydrogens is 415 g/mol. The predicted molar refractivity (Wildman–Crippen MR) is 104 cm³/mol. The number of amides is 1. The molecule has 0 aliphatic heterocycles. The van der Waals surface area contributed by atoms with E-state index in [1.54, 1.807) is 47.1 Å². The maximum absolute atomic E-state index is 13.2. The fourth-order valence-electron chi connectivity index (χ4n) is 2.68. The van der Waals surface area contributed by atoms with E-state index in [0.29, 0.717) is 22.5 Å². The summed E-state index contributed by atoms with van der Waals surface area (Å²) < 4.78 is 15.6. The molecular formula is C20H16BrFN2O3. The highest BCUT2D eigenvalue weighted by Crippen LogP contribution is 2.23. The summed E-state index contributed by atoms with van der Waals surface area (Å²) in [4.78, 5) is 23.6. The molecule has 7 heteroatoms. The highest BCUT2D eigenvalue weighted by Gasteiger charge is 2.15. The first-order valence-electron chi connectivity index (χ1n) is 8.19. The van der Waals surface area contributed by atoms with Crippen LogP contribution in [0.4, 0.5) is 4.39 Å². The molecule has 0 aliphatic rings. The van der Waals surface area contributed by atoms with Crippen LogP contribution in [0.15, 0.2) is 65.1 Å². The molecule has 0 saturated heterocycles. The molecule has 3 rings (SSSR count). The number of aromatic nitrogens is 1. The van der Waals surface area contributed by atoms with E-state index in [2.05, 4.69) is 21.4 Å². The molecule has 0 bridgehead atoms. The Kier molecular flexibility index (Phi) is 5.71. The van der Waals surface area contributed by atoms with Gasteiger partial charge in [0.05, 0.1) is 12.1 Å². The van der Waals surface area contributed by atoms with Gasteiger partial charge < -0.3 is 5.11 Å². The molecule has 0 radical (unpaired) electrons. The monoisotopic (exact) mass is 430 g/mol. The van der Waals surface area contributed by atoms with Gasteiger partial charge in [0, 0.05) is 27.7 Å². The van der Waals surface area contributed by atoms with Crippen molar-refractivity contribution >= 4 is 27.8 Å². The zero-order chi connectivity index (χ0) is 19.4. The molecule has 3 aromatic rings. The number of hydrogen-bond acceptors (Lipinski definition) is 2. The van der Waals surface area contributed by atoms with E-state index in [1.807, 2.05) is 6.07 Å². The number of rotatable bonds is 6. The van der Waals surface area contributed by atoms with Crippen LogP contribution in [0.1, 0.15) is 22.5 Å². The van der Waals surface area contributed by atoms with Crippen LogP contribution in [-0.4, -0.2) is 21.7 Å². The topological polar surface area (TPSA) is 71.3 Å². The van der Waals surface area contributed by atoms with Gasteiger partial charge in [-0.25, -0.2) is 4.39 Å². The average molecular weight is 431 g/mol. The second-order valence-electron chi connectivity index (χ2n) is 5.90. The highest BCUT2D eigenvalue weighted by molar-refractivity contribution is 9.10. The van der Waals surface area contributed by atoms with Crippen molar-refractivity contribution in [3.05, 3.63) is 82.2 Å². The molecule has 1 amide bonds. The summed E-state index contributed by atoms with van der Waals surface area (Å²) >= 11 is 3.33. The summed E-state index contributed by atoms with van der Waals surface area (Å²) in [6.07, 6.45) is 0.176. The SMILES string of the molecule is O=C(O)CCc1ccc(-c2ccc(F)cc2)n1NC(=O)c1cccc(Br)c1. The number of halogens is 2. The Balaban J connectivity index is 1.96. The molecule has 2 N–H and O–H groups in total. The number of benzene rings is 2. The van der Waals surface area contributed by atoms with Gasteiger partial charge in [-0.1, -0.05) is 22.0 Å². The summed E-state index contributed by atoms with van der Waals surface area (Å²) in [7, 11) is 0. The minimum Gasteiger partial charge on any atom is -0.481 e. The van der Waals surface area contributed by atoms with Gasteiger partial charge in [-0.3, -0.25) is 19.7 Å². The summed E-state index contributed by atoms with van der Waals surface area (Å²) in [5.74, 6) is -1.63. The number of nitrogens with one attached hydrogen (secondary N) is 1. The van der Waals surface area contributed by atoms with Crippen LogP contribution in [0.2, 0.25) is 0 Å². The smallest absolute Gasteiger partial charge is 0.303 e. The molecule has 1 heterocycles. The molecule has 0 aliphatic carbocycles. The van der Waals surface area contributed by atoms with E-state index < -0.39 is 5.97 Å². The van der Waals surface area contributed by atoms with E-state index in [4.69, 9.17) is 5.11 Å². The van der Waals surface area contributed by atoms with Gasteiger partial charge in [-0.15, -0.1) is 0 Å². The Morgan fingerprint density at radius 1 is 1.07 bits per heavy atom. The summed E-state index contributed by atoms with van der Waals surface area (Å²) in [6.45, 7) is 0. The quantitative estimate of drug-likeness (QED) is 0.606. The molecule has 27 heavy (non-hydrogen) atoms. The fraction of sp³-hybridized carbons (Fsp3) is 0.100. The van der Waals surface area contributed by atoms with Crippen LogP contribution in [-0.2, 0) is 11.2 Å². The Morgan fingerprint density at radius 3 is 2.48 bits per heavy atom. The summed E-state index contributed by atoms with van der Waals surface area (Å²) in [6, 6.07) is 16.3. The standard InChI is InChI=1S/C20H16BrFN2O3/c21-15-3-1-2-14(12-15)20(27)23-24-17(9-11-19(25)26)8-10-18(24)13-4-6-16(22)7-5-13/h1-8,10,12H,9,11H2,(H,23,27)(H,25,26). The van der Waals surface area contributed by atoms with Gasteiger partial charge in [0.1, 0.15) is 5.82 Å². The van der Waals surface area contributed by atoms with Gasteiger partial charge in [-0.05, 0) is 54.6 Å². The maximum atomic E-state index is 13.2. The van der Waals surface area contributed by atoms with Crippen molar-refractivity contribution in [3.63, 3.8) is 0 Å². The molecule has 0 fully saturated rings. The van der Waals surface area contributed by atoms with Crippen molar-refractivity contribution in [2.24, 2.45) is 0 Å². The molecule has 2 aromatic carbocycles. The second kappa shape index (κ2) is 8.18. The third-order valence-corrected chi connectivity index (χ3v) is 4.49. The van der Waals surface area contributed by atoms with Crippen LogP contribution in [0.3, 0.4) is 0 Å². The fourth-order valence-corrected chi connectivity index (χ4v) is 3.08.